The van der Waals surface area contributed by atoms with Gasteiger partial charge in [-0.2, -0.15) is 5.10 Å². The zero-order valence-corrected chi connectivity index (χ0v) is 17.4. The lowest BCUT2D eigenvalue weighted by atomic mass is 10.1. The lowest BCUT2D eigenvalue weighted by molar-refractivity contribution is -0.119. The number of para-hydroxylation sites is 1. The van der Waals surface area contributed by atoms with E-state index in [4.69, 9.17) is 23.2 Å². The average Bonchev–Trinajstić information content (AvgIpc) is 2.55. The minimum absolute atomic E-state index is 0.383. The van der Waals surface area contributed by atoms with E-state index in [1.807, 2.05) is 6.07 Å². The summed E-state index contributed by atoms with van der Waals surface area (Å²) in [6, 6.07) is 10.4. The fourth-order valence-corrected chi connectivity index (χ4v) is 4.00. The summed E-state index contributed by atoms with van der Waals surface area (Å²) in [5.41, 5.74) is 4.74. The molecular weight excluding hydrogens is 409 g/mol. The minimum Gasteiger partial charge on any atom is -0.271 e. The van der Waals surface area contributed by atoms with Crippen LogP contribution in [0.25, 0.3) is 0 Å². The van der Waals surface area contributed by atoms with Gasteiger partial charge in [0.15, 0.2) is 0 Å². The number of nitrogens with one attached hydrogen (secondary N) is 1. The van der Waals surface area contributed by atoms with Crippen LogP contribution in [-0.2, 0) is 14.8 Å². The number of carbonyl (C=O) groups is 1. The summed E-state index contributed by atoms with van der Waals surface area (Å²) >= 11 is 12.1. The number of aryl methyl sites for hydroxylation is 2. The van der Waals surface area contributed by atoms with E-state index in [1.165, 1.54) is 6.21 Å². The summed E-state index contributed by atoms with van der Waals surface area (Å²) in [6.07, 6.45) is 2.37. The number of halogens is 2. The van der Waals surface area contributed by atoms with Crippen LogP contribution in [0, 0.1) is 13.8 Å². The number of hydrogen-bond acceptors (Lipinski definition) is 4. The molecule has 0 spiro atoms. The van der Waals surface area contributed by atoms with Gasteiger partial charge in [-0.3, -0.25) is 9.10 Å². The van der Waals surface area contributed by atoms with Gasteiger partial charge < -0.3 is 0 Å². The number of amides is 1. The molecule has 0 aliphatic carbocycles. The summed E-state index contributed by atoms with van der Waals surface area (Å²) in [6.45, 7) is 3.17. The van der Waals surface area contributed by atoms with Crippen LogP contribution in [0.1, 0.15) is 16.7 Å². The first-order valence-electron chi connectivity index (χ1n) is 7.91. The number of rotatable bonds is 6. The van der Waals surface area contributed by atoms with Gasteiger partial charge in [-0.1, -0.05) is 47.5 Å². The Morgan fingerprint density at radius 1 is 1.11 bits per heavy atom. The normalized spacial score (nSPS) is 11.6. The van der Waals surface area contributed by atoms with Gasteiger partial charge in [0.2, 0.25) is 10.0 Å². The maximum Gasteiger partial charge on any atom is 0.260 e. The van der Waals surface area contributed by atoms with Gasteiger partial charge in [0.25, 0.3) is 5.91 Å². The first-order valence-corrected chi connectivity index (χ1v) is 10.5. The number of nitrogens with zero attached hydrogens (tertiary/aromatic N) is 2. The summed E-state index contributed by atoms with van der Waals surface area (Å²) in [7, 11) is -3.67. The molecule has 2 rings (SSSR count). The maximum absolute atomic E-state index is 12.3. The quantitative estimate of drug-likeness (QED) is 0.565. The van der Waals surface area contributed by atoms with E-state index in [1.54, 1.807) is 44.2 Å². The van der Waals surface area contributed by atoms with Gasteiger partial charge in [0.05, 0.1) is 28.2 Å². The van der Waals surface area contributed by atoms with Crippen molar-refractivity contribution in [2.24, 2.45) is 5.10 Å². The highest BCUT2D eigenvalue weighted by Crippen LogP contribution is 2.26. The van der Waals surface area contributed by atoms with Crippen molar-refractivity contribution >= 4 is 51.0 Å². The predicted octanol–water partition coefficient (Wildman–Crippen LogP) is 3.53. The number of sulfonamides is 1. The Balaban J connectivity index is 2.19. The van der Waals surface area contributed by atoms with E-state index < -0.39 is 22.5 Å². The van der Waals surface area contributed by atoms with Crippen LogP contribution in [0.5, 0.6) is 0 Å². The van der Waals surface area contributed by atoms with Gasteiger partial charge in [0.1, 0.15) is 6.54 Å². The number of anilines is 1. The van der Waals surface area contributed by atoms with Gasteiger partial charge in [-0.15, -0.1) is 0 Å². The number of carbonyl (C=O) groups excluding carboxylic acids is 1. The van der Waals surface area contributed by atoms with E-state index in [-0.39, 0.29) is 0 Å². The Morgan fingerprint density at radius 2 is 1.63 bits per heavy atom. The average molecular weight is 428 g/mol. The van der Waals surface area contributed by atoms with E-state index >= 15 is 0 Å². The molecule has 0 saturated carbocycles. The van der Waals surface area contributed by atoms with Gasteiger partial charge in [-0.25, -0.2) is 13.8 Å². The second kappa shape index (κ2) is 8.73. The molecule has 0 atom stereocenters. The second-order valence-electron chi connectivity index (χ2n) is 5.94. The summed E-state index contributed by atoms with van der Waals surface area (Å²) in [5.74, 6) is -0.595. The summed E-state index contributed by atoms with van der Waals surface area (Å²) < 4.78 is 25.5. The molecule has 0 bridgehead atoms. The zero-order valence-electron chi connectivity index (χ0n) is 15.0. The smallest absolute Gasteiger partial charge is 0.260 e. The molecule has 0 aliphatic heterocycles. The number of hydrazone groups is 1. The molecule has 144 valence electrons. The lowest BCUT2D eigenvalue weighted by Crippen LogP contribution is -2.39. The second-order valence-corrected chi connectivity index (χ2v) is 8.66. The molecular formula is C18H19Cl2N3O3S. The third kappa shape index (κ3) is 5.45. The molecule has 0 unspecified atom stereocenters. The third-order valence-electron chi connectivity index (χ3n) is 3.76. The lowest BCUT2D eigenvalue weighted by Gasteiger charge is -2.25. The predicted molar refractivity (Wildman–Crippen MR) is 110 cm³/mol. The van der Waals surface area contributed by atoms with Gasteiger partial charge in [-0.05, 0) is 37.1 Å². The molecule has 1 amide bonds. The number of benzene rings is 2. The minimum atomic E-state index is -3.67. The van der Waals surface area contributed by atoms with Crippen molar-refractivity contribution in [3.05, 3.63) is 63.1 Å². The summed E-state index contributed by atoms with van der Waals surface area (Å²) in [5, 5.41) is 4.59. The Bertz CT molecular complexity index is 951. The van der Waals surface area contributed by atoms with Crippen LogP contribution in [0.3, 0.4) is 0 Å². The molecule has 0 aromatic heterocycles. The third-order valence-corrected chi connectivity index (χ3v) is 5.53. The molecule has 27 heavy (non-hydrogen) atoms. The van der Waals surface area contributed by atoms with Crippen molar-refractivity contribution < 1.29 is 13.2 Å². The van der Waals surface area contributed by atoms with E-state index in [0.717, 1.165) is 21.7 Å². The van der Waals surface area contributed by atoms with Crippen molar-refractivity contribution in [1.82, 2.24) is 5.43 Å². The molecule has 2 aromatic rings. The van der Waals surface area contributed by atoms with E-state index in [2.05, 4.69) is 10.5 Å². The Hall–Kier alpha value is -2.09. The monoisotopic (exact) mass is 427 g/mol. The van der Waals surface area contributed by atoms with Crippen molar-refractivity contribution in [1.29, 1.82) is 0 Å². The fraction of sp³-hybridized carbons (Fsp3) is 0.222. The fourth-order valence-electron chi connectivity index (χ4n) is 2.53. The molecule has 0 aliphatic rings. The molecule has 1 N–H and O–H groups in total. The molecule has 0 saturated heterocycles. The largest absolute Gasteiger partial charge is 0.271 e. The van der Waals surface area contributed by atoms with Crippen molar-refractivity contribution in [3.8, 4) is 0 Å². The molecule has 9 heteroatoms. The zero-order chi connectivity index (χ0) is 20.2. The van der Waals surface area contributed by atoms with Crippen LogP contribution in [0.15, 0.2) is 41.5 Å². The molecule has 6 nitrogen and oxygen atoms in total. The topological polar surface area (TPSA) is 78.8 Å². The van der Waals surface area contributed by atoms with E-state index in [9.17, 15) is 13.2 Å². The van der Waals surface area contributed by atoms with Crippen LogP contribution in [-0.4, -0.2) is 33.3 Å². The van der Waals surface area contributed by atoms with Crippen LogP contribution in [0.4, 0.5) is 5.69 Å². The van der Waals surface area contributed by atoms with Crippen molar-refractivity contribution in [2.45, 2.75) is 13.8 Å². The summed E-state index contributed by atoms with van der Waals surface area (Å²) in [4.78, 5) is 12.3. The SMILES string of the molecule is Cc1cccc(C)c1N(CC(=O)N/N=C\c1c(Cl)cccc1Cl)S(C)(=O)=O. The van der Waals surface area contributed by atoms with Crippen molar-refractivity contribution in [2.75, 3.05) is 17.1 Å². The van der Waals surface area contributed by atoms with E-state index in [0.29, 0.717) is 21.3 Å². The van der Waals surface area contributed by atoms with Gasteiger partial charge in [0, 0.05) is 5.56 Å². The highest BCUT2D eigenvalue weighted by atomic mass is 35.5. The number of hydrogen-bond donors (Lipinski definition) is 1. The highest BCUT2D eigenvalue weighted by molar-refractivity contribution is 7.92. The van der Waals surface area contributed by atoms with Gasteiger partial charge >= 0.3 is 0 Å². The molecule has 0 heterocycles. The van der Waals surface area contributed by atoms with Crippen LogP contribution in [0.2, 0.25) is 10.0 Å². The van der Waals surface area contributed by atoms with Crippen LogP contribution >= 0.6 is 23.2 Å². The maximum atomic E-state index is 12.3. The first-order chi connectivity index (χ1) is 12.6. The standard InChI is InChI=1S/C18H19Cl2N3O3S/c1-12-6-4-7-13(2)18(12)23(27(3,25)26)11-17(24)22-21-10-14-15(19)8-5-9-16(14)20/h4-10H,11H2,1-3H3,(H,22,24)/b21-10-. The Kier molecular flexibility index (Phi) is 6.86. The van der Waals surface area contributed by atoms with Crippen LogP contribution < -0.4 is 9.73 Å². The Labute approximate surface area is 168 Å². The van der Waals surface area contributed by atoms with Crippen molar-refractivity contribution in [3.63, 3.8) is 0 Å². The highest BCUT2D eigenvalue weighted by Gasteiger charge is 2.23. The molecule has 2 aromatic carbocycles. The Morgan fingerprint density at radius 3 is 2.15 bits per heavy atom. The first kappa shape index (κ1) is 21.2. The molecule has 0 fully saturated rings. The molecule has 0 radical (unpaired) electrons.